The first-order valence-electron chi connectivity index (χ1n) is 8.09. The van der Waals surface area contributed by atoms with Gasteiger partial charge in [-0.3, -0.25) is 14.8 Å². The highest BCUT2D eigenvalue weighted by atomic mass is 16.2. The molecule has 1 aliphatic rings. The van der Waals surface area contributed by atoms with Crippen LogP contribution >= 0.6 is 0 Å². The minimum atomic E-state index is 0.132. The monoisotopic (exact) mass is 293 g/mol. The van der Waals surface area contributed by atoms with Crippen LogP contribution in [0.1, 0.15) is 45.3 Å². The van der Waals surface area contributed by atoms with Crippen LogP contribution in [0.25, 0.3) is 0 Å². The molecule has 6 nitrogen and oxygen atoms in total. The van der Waals surface area contributed by atoms with Crippen molar-refractivity contribution in [2.24, 2.45) is 5.92 Å². The van der Waals surface area contributed by atoms with Gasteiger partial charge in [0, 0.05) is 26.1 Å². The molecule has 1 aromatic heterocycles. The zero-order chi connectivity index (χ0) is 15.2. The fraction of sp³-hybridized carbons (Fsp3) is 0.800. The Morgan fingerprint density at radius 3 is 2.76 bits per heavy atom. The second-order valence-corrected chi connectivity index (χ2v) is 5.64. The summed E-state index contributed by atoms with van der Waals surface area (Å²) in [6, 6.07) is 0. The molecule has 0 unspecified atom stereocenters. The topological polar surface area (TPSA) is 65.1 Å². The Morgan fingerprint density at radius 2 is 2.14 bits per heavy atom. The number of rotatable bonds is 6. The van der Waals surface area contributed by atoms with Crippen molar-refractivity contribution in [1.82, 2.24) is 25.0 Å². The van der Waals surface area contributed by atoms with E-state index >= 15 is 0 Å². The predicted octanol–water partition coefficient (Wildman–Crippen LogP) is 1.45. The van der Waals surface area contributed by atoms with Gasteiger partial charge in [-0.2, -0.15) is 5.10 Å². The highest BCUT2D eigenvalue weighted by Gasteiger charge is 2.28. The van der Waals surface area contributed by atoms with Gasteiger partial charge >= 0.3 is 0 Å². The zero-order valence-electron chi connectivity index (χ0n) is 13.4. The maximum Gasteiger partial charge on any atom is 0.226 e. The summed E-state index contributed by atoms with van der Waals surface area (Å²) in [7, 11) is 0. The summed E-state index contributed by atoms with van der Waals surface area (Å²) in [5.74, 6) is 2.20. The van der Waals surface area contributed by atoms with Crippen LogP contribution in [0.5, 0.6) is 0 Å². The van der Waals surface area contributed by atoms with Crippen LogP contribution in [-0.4, -0.2) is 57.1 Å². The summed E-state index contributed by atoms with van der Waals surface area (Å²) in [4.78, 5) is 21.2. The lowest BCUT2D eigenvalue weighted by molar-refractivity contribution is -0.137. The SMILES string of the molecule is CCc1n[nH]c(CN2CCC[C@@H](C(=O)N(CC)CC)C2)n1. The molecule has 1 N–H and O–H groups in total. The lowest BCUT2D eigenvalue weighted by Gasteiger charge is -2.34. The van der Waals surface area contributed by atoms with Gasteiger partial charge in [-0.1, -0.05) is 6.92 Å². The van der Waals surface area contributed by atoms with E-state index in [1.165, 1.54) is 0 Å². The highest BCUT2D eigenvalue weighted by molar-refractivity contribution is 5.79. The van der Waals surface area contributed by atoms with Crippen molar-refractivity contribution in [1.29, 1.82) is 0 Å². The number of aryl methyl sites for hydroxylation is 1. The average molecular weight is 293 g/mol. The van der Waals surface area contributed by atoms with Crippen LogP contribution in [0.2, 0.25) is 0 Å². The quantitative estimate of drug-likeness (QED) is 0.862. The summed E-state index contributed by atoms with van der Waals surface area (Å²) in [5.41, 5.74) is 0. The molecule has 21 heavy (non-hydrogen) atoms. The average Bonchev–Trinajstić information content (AvgIpc) is 2.96. The highest BCUT2D eigenvalue weighted by Crippen LogP contribution is 2.20. The van der Waals surface area contributed by atoms with Gasteiger partial charge in [-0.05, 0) is 33.2 Å². The zero-order valence-corrected chi connectivity index (χ0v) is 13.4. The number of amides is 1. The molecule has 1 fully saturated rings. The van der Waals surface area contributed by atoms with E-state index in [-0.39, 0.29) is 5.92 Å². The molecule has 2 heterocycles. The molecule has 0 aromatic carbocycles. The van der Waals surface area contributed by atoms with E-state index < -0.39 is 0 Å². The Kier molecular flexibility index (Phi) is 5.73. The summed E-state index contributed by atoms with van der Waals surface area (Å²) in [6.45, 7) is 10.4. The third kappa shape index (κ3) is 4.03. The molecule has 0 radical (unpaired) electrons. The van der Waals surface area contributed by atoms with Crippen molar-refractivity contribution in [3.8, 4) is 0 Å². The van der Waals surface area contributed by atoms with E-state index in [0.717, 1.165) is 63.6 Å². The fourth-order valence-corrected chi connectivity index (χ4v) is 2.97. The molecule has 0 aliphatic carbocycles. The third-order valence-corrected chi connectivity index (χ3v) is 4.20. The lowest BCUT2D eigenvalue weighted by Crippen LogP contribution is -2.44. The molecule has 6 heteroatoms. The van der Waals surface area contributed by atoms with Gasteiger partial charge in [0.15, 0.2) is 0 Å². The van der Waals surface area contributed by atoms with Gasteiger partial charge in [0.1, 0.15) is 11.6 Å². The van der Waals surface area contributed by atoms with Crippen LogP contribution in [0.4, 0.5) is 0 Å². The van der Waals surface area contributed by atoms with Crippen molar-refractivity contribution in [2.45, 2.75) is 46.6 Å². The maximum atomic E-state index is 12.5. The van der Waals surface area contributed by atoms with Crippen molar-refractivity contribution in [2.75, 3.05) is 26.2 Å². The molecule has 2 rings (SSSR count). The van der Waals surface area contributed by atoms with Crippen molar-refractivity contribution in [3.05, 3.63) is 11.6 Å². The number of carbonyl (C=O) groups is 1. The number of piperidine rings is 1. The maximum absolute atomic E-state index is 12.5. The number of nitrogens with zero attached hydrogens (tertiary/aromatic N) is 4. The lowest BCUT2D eigenvalue weighted by atomic mass is 9.96. The van der Waals surface area contributed by atoms with Gasteiger partial charge in [-0.25, -0.2) is 4.98 Å². The number of carbonyl (C=O) groups excluding carboxylic acids is 1. The summed E-state index contributed by atoms with van der Waals surface area (Å²) >= 11 is 0. The van der Waals surface area contributed by atoms with E-state index in [2.05, 4.69) is 20.1 Å². The number of aromatic amines is 1. The van der Waals surface area contributed by atoms with Crippen molar-refractivity contribution < 1.29 is 4.79 Å². The molecule has 118 valence electrons. The largest absolute Gasteiger partial charge is 0.343 e. The number of nitrogens with one attached hydrogen (secondary N) is 1. The van der Waals surface area contributed by atoms with E-state index in [0.29, 0.717) is 5.91 Å². The van der Waals surface area contributed by atoms with E-state index in [1.807, 2.05) is 25.7 Å². The third-order valence-electron chi connectivity index (χ3n) is 4.20. The molecular formula is C15H27N5O. The Labute approximate surface area is 126 Å². The fourth-order valence-electron chi connectivity index (χ4n) is 2.97. The van der Waals surface area contributed by atoms with E-state index in [1.54, 1.807) is 0 Å². The summed E-state index contributed by atoms with van der Waals surface area (Å²) in [5, 5.41) is 7.17. The Balaban J connectivity index is 1.92. The van der Waals surface area contributed by atoms with Gasteiger partial charge in [0.25, 0.3) is 0 Å². The minimum Gasteiger partial charge on any atom is -0.343 e. The molecule has 1 aliphatic heterocycles. The first-order valence-corrected chi connectivity index (χ1v) is 8.09. The summed E-state index contributed by atoms with van der Waals surface area (Å²) < 4.78 is 0. The minimum absolute atomic E-state index is 0.132. The Hall–Kier alpha value is -1.43. The van der Waals surface area contributed by atoms with Crippen LogP contribution in [0.3, 0.4) is 0 Å². The van der Waals surface area contributed by atoms with Crippen molar-refractivity contribution in [3.63, 3.8) is 0 Å². The molecule has 1 atom stereocenters. The Morgan fingerprint density at radius 1 is 1.38 bits per heavy atom. The number of hydrogen-bond acceptors (Lipinski definition) is 4. The van der Waals surface area contributed by atoms with Gasteiger partial charge in [-0.15, -0.1) is 0 Å². The second kappa shape index (κ2) is 7.54. The molecule has 0 spiro atoms. The number of aromatic nitrogens is 3. The normalized spacial score (nSPS) is 19.7. The number of H-pyrrole nitrogens is 1. The van der Waals surface area contributed by atoms with Gasteiger partial charge in [0.05, 0.1) is 12.5 Å². The molecular weight excluding hydrogens is 266 g/mol. The second-order valence-electron chi connectivity index (χ2n) is 5.64. The molecule has 1 aromatic rings. The summed E-state index contributed by atoms with van der Waals surface area (Å²) in [6.07, 6.45) is 2.93. The first-order chi connectivity index (χ1) is 10.2. The number of likely N-dealkylation sites (tertiary alicyclic amines) is 1. The Bertz CT molecular complexity index is 455. The van der Waals surface area contributed by atoms with Gasteiger partial charge < -0.3 is 4.90 Å². The molecule has 0 bridgehead atoms. The van der Waals surface area contributed by atoms with E-state index in [9.17, 15) is 4.79 Å². The van der Waals surface area contributed by atoms with E-state index in [4.69, 9.17) is 0 Å². The van der Waals surface area contributed by atoms with Crippen LogP contribution in [-0.2, 0) is 17.8 Å². The molecule has 0 saturated carbocycles. The first kappa shape index (κ1) is 15.9. The standard InChI is InChI=1S/C15H27N5O/c1-4-13-16-14(18-17-13)11-19-9-7-8-12(10-19)15(21)20(5-2)6-3/h12H,4-11H2,1-3H3,(H,16,17,18)/t12-/m1/s1. The van der Waals surface area contributed by atoms with Crippen LogP contribution < -0.4 is 0 Å². The number of hydrogen-bond donors (Lipinski definition) is 1. The molecule has 1 saturated heterocycles. The smallest absolute Gasteiger partial charge is 0.226 e. The van der Waals surface area contributed by atoms with Crippen LogP contribution in [0, 0.1) is 5.92 Å². The van der Waals surface area contributed by atoms with Crippen molar-refractivity contribution >= 4 is 5.91 Å². The van der Waals surface area contributed by atoms with Gasteiger partial charge in [0.2, 0.25) is 5.91 Å². The molecule has 1 amide bonds. The van der Waals surface area contributed by atoms with Crippen LogP contribution in [0.15, 0.2) is 0 Å². The predicted molar refractivity (Wildman–Crippen MR) is 81.7 cm³/mol.